The van der Waals surface area contributed by atoms with Crippen LogP contribution in [0.3, 0.4) is 0 Å². The second kappa shape index (κ2) is 4.34. The summed E-state index contributed by atoms with van der Waals surface area (Å²) in [6, 6.07) is 0. The van der Waals surface area contributed by atoms with Crippen molar-refractivity contribution in [3.05, 3.63) is 0 Å². The minimum absolute atomic E-state index is 0.144. The number of rotatable bonds is 3. The highest BCUT2D eigenvalue weighted by atomic mass is 28.2. The molecule has 0 heterocycles. The third-order valence-electron chi connectivity index (χ3n) is 1.03. The molecule has 0 N–H and O–H groups in total. The molecule has 0 aliphatic rings. The van der Waals surface area contributed by atoms with E-state index in [0.717, 1.165) is 6.42 Å². The van der Waals surface area contributed by atoms with E-state index in [1.165, 1.54) is 0 Å². The van der Waals surface area contributed by atoms with Crippen molar-refractivity contribution < 1.29 is 4.43 Å². The van der Waals surface area contributed by atoms with Gasteiger partial charge in [-0.25, -0.2) is 0 Å². The van der Waals surface area contributed by atoms with E-state index >= 15 is 0 Å². The lowest BCUT2D eigenvalue weighted by Crippen LogP contribution is -2.06. The van der Waals surface area contributed by atoms with Crippen molar-refractivity contribution in [2.75, 3.05) is 0 Å². The molecule has 0 aliphatic carbocycles. The molecule has 0 fully saturated rings. The van der Waals surface area contributed by atoms with Crippen LogP contribution in [0.4, 0.5) is 0 Å². The highest BCUT2D eigenvalue weighted by molar-refractivity contribution is 6.24. The number of hydrogen-bond acceptors (Lipinski definition) is 1. The van der Waals surface area contributed by atoms with Gasteiger partial charge in [0.1, 0.15) is 0 Å². The standard InChI is InChI=1S/C5H14OSi/c1-4-5(2)6-7-3/h5H,4,7H2,1-3H3. The van der Waals surface area contributed by atoms with E-state index in [9.17, 15) is 0 Å². The lowest BCUT2D eigenvalue weighted by Gasteiger charge is -2.06. The van der Waals surface area contributed by atoms with Crippen LogP contribution in [0.25, 0.3) is 0 Å². The van der Waals surface area contributed by atoms with E-state index in [2.05, 4.69) is 20.4 Å². The Kier molecular flexibility index (Phi) is 4.45. The highest BCUT2D eigenvalue weighted by Crippen LogP contribution is 1.91. The average molecular weight is 118 g/mol. The molecule has 1 nitrogen and oxygen atoms in total. The molecule has 0 spiro atoms. The molecule has 44 valence electrons. The Morgan fingerprint density at radius 3 is 2.43 bits per heavy atom. The Labute approximate surface area is 48.0 Å². The molecule has 0 rings (SSSR count). The molecular formula is C5H14OSi. The van der Waals surface area contributed by atoms with Crippen LogP contribution >= 0.6 is 0 Å². The zero-order valence-electron chi connectivity index (χ0n) is 5.40. The fourth-order valence-corrected chi connectivity index (χ4v) is 1.21. The van der Waals surface area contributed by atoms with Crippen LogP contribution in [-0.4, -0.2) is 15.9 Å². The van der Waals surface area contributed by atoms with E-state index in [1.54, 1.807) is 0 Å². The summed E-state index contributed by atoms with van der Waals surface area (Å²) in [7, 11) is -0.144. The highest BCUT2D eigenvalue weighted by Gasteiger charge is 1.91. The summed E-state index contributed by atoms with van der Waals surface area (Å²) in [5, 5.41) is 0. The summed E-state index contributed by atoms with van der Waals surface area (Å²) in [5.74, 6) is 0. The third-order valence-corrected chi connectivity index (χ3v) is 1.93. The van der Waals surface area contributed by atoms with Gasteiger partial charge in [-0.2, -0.15) is 0 Å². The van der Waals surface area contributed by atoms with Crippen molar-refractivity contribution in [2.45, 2.75) is 32.9 Å². The van der Waals surface area contributed by atoms with Crippen LogP contribution < -0.4 is 0 Å². The summed E-state index contributed by atoms with van der Waals surface area (Å²) in [4.78, 5) is 0. The van der Waals surface area contributed by atoms with Crippen molar-refractivity contribution in [1.82, 2.24) is 0 Å². The monoisotopic (exact) mass is 118 g/mol. The maximum Gasteiger partial charge on any atom is 0.158 e. The van der Waals surface area contributed by atoms with Crippen molar-refractivity contribution >= 4 is 9.76 Å². The molecule has 0 amide bonds. The van der Waals surface area contributed by atoms with Gasteiger partial charge >= 0.3 is 0 Å². The van der Waals surface area contributed by atoms with Crippen LogP contribution in [0.2, 0.25) is 6.55 Å². The van der Waals surface area contributed by atoms with Gasteiger partial charge in [-0.15, -0.1) is 0 Å². The van der Waals surface area contributed by atoms with E-state index in [0.29, 0.717) is 6.10 Å². The summed E-state index contributed by atoms with van der Waals surface area (Å²) in [6.07, 6.45) is 1.66. The van der Waals surface area contributed by atoms with Gasteiger partial charge in [-0.3, -0.25) is 0 Å². The molecule has 7 heavy (non-hydrogen) atoms. The van der Waals surface area contributed by atoms with E-state index in [1.807, 2.05) is 0 Å². The van der Waals surface area contributed by atoms with Gasteiger partial charge in [-0.05, 0) is 13.3 Å². The Morgan fingerprint density at radius 1 is 1.71 bits per heavy atom. The Morgan fingerprint density at radius 2 is 2.29 bits per heavy atom. The van der Waals surface area contributed by atoms with Gasteiger partial charge in [0.05, 0.1) is 0 Å². The second-order valence-corrected chi connectivity index (χ2v) is 2.58. The summed E-state index contributed by atoms with van der Waals surface area (Å²) in [5.41, 5.74) is 0. The van der Waals surface area contributed by atoms with Crippen molar-refractivity contribution in [3.8, 4) is 0 Å². The Hall–Kier alpha value is 0.177. The molecule has 0 saturated carbocycles. The minimum Gasteiger partial charge on any atom is -0.422 e. The molecule has 0 bridgehead atoms. The maximum absolute atomic E-state index is 5.33. The molecular weight excluding hydrogens is 104 g/mol. The van der Waals surface area contributed by atoms with Crippen LogP contribution in [0, 0.1) is 0 Å². The maximum atomic E-state index is 5.33. The zero-order valence-corrected chi connectivity index (χ0v) is 6.81. The van der Waals surface area contributed by atoms with Crippen LogP contribution in [0.5, 0.6) is 0 Å². The molecule has 0 saturated heterocycles. The van der Waals surface area contributed by atoms with Crippen LogP contribution in [0.1, 0.15) is 20.3 Å². The smallest absolute Gasteiger partial charge is 0.158 e. The van der Waals surface area contributed by atoms with Gasteiger partial charge in [-0.1, -0.05) is 13.5 Å². The zero-order chi connectivity index (χ0) is 5.70. The summed E-state index contributed by atoms with van der Waals surface area (Å²) >= 11 is 0. The summed E-state index contributed by atoms with van der Waals surface area (Å²) < 4.78 is 5.33. The molecule has 0 aromatic carbocycles. The lowest BCUT2D eigenvalue weighted by atomic mass is 10.3. The van der Waals surface area contributed by atoms with Gasteiger partial charge in [0.15, 0.2) is 9.76 Å². The summed E-state index contributed by atoms with van der Waals surface area (Å²) in [6.45, 7) is 6.43. The van der Waals surface area contributed by atoms with E-state index < -0.39 is 0 Å². The SMILES string of the molecule is CCC(C)O[SiH2]C. The lowest BCUT2D eigenvalue weighted by molar-refractivity contribution is 0.231. The Balaban J connectivity index is 2.83. The van der Waals surface area contributed by atoms with Gasteiger partial charge in [0.25, 0.3) is 0 Å². The fraction of sp³-hybridized carbons (Fsp3) is 1.00. The van der Waals surface area contributed by atoms with Crippen LogP contribution in [-0.2, 0) is 4.43 Å². The third kappa shape index (κ3) is 4.02. The molecule has 0 radical (unpaired) electrons. The van der Waals surface area contributed by atoms with Crippen molar-refractivity contribution in [2.24, 2.45) is 0 Å². The normalized spacial score (nSPS) is 15.9. The van der Waals surface area contributed by atoms with Crippen molar-refractivity contribution in [3.63, 3.8) is 0 Å². The topological polar surface area (TPSA) is 9.23 Å². The van der Waals surface area contributed by atoms with Gasteiger partial charge < -0.3 is 4.43 Å². The van der Waals surface area contributed by atoms with Gasteiger partial charge in [0.2, 0.25) is 0 Å². The largest absolute Gasteiger partial charge is 0.422 e. The number of hydrogen-bond donors (Lipinski definition) is 0. The first-order valence-electron chi connectivity index (χ1n) is 2.92. The van der Waals surface area contributed by atoms with E-state index in [-0.39, 0.29) is 9.76 Å². The first kappa shape index (κ1) is 7.18. The first-order valence-corrected chi connectivity index (χ1v) is 4.92. The molecule has 0 aromatic rings. The minimum atomic E-state index is -0.144. The van der Waals surface area contributed by atoms with Crippen molar-refractivity contribution in [1.29, 1.82) is 0 Å². The van der Waals surface area contributed by atoms with Crippen LogP contribution in [0.15, 0.2) is 0 Å². The second-order valence-electron chi connectivity index (χ2n) is 1.67. The fourth-order valence-electron chi connectivity index (χ4n) is 0.402. The quantitative estimate of drug-likeness (QED) is 0.501. The van der Waals surface area contributed by atoms with Gasteiger partial charge in [0, 0.05) is 6.10 Å². The first-order chi connectivity index (χ1) is 3.31. The molecule has 2 heteroatoms. The predicted molar refractivity (Wildman–Crippen MR) is 35.2 cm³/mol. The van der Waals surface area contributed by atoms with E-state index in [4.69, 9.17) is 4.43 Å². The average Bonchev–Trinajstić information content (AvgIpc) is 1.68. The molecule has 1 unspecified atom stereocenters. The Bertz CT molecular complexity index is 39.1. The molecule has 0 aliphatic heterocycles. The molecule has 1 atom stereocenters. The predicted octanol–water partition coefficient (Wildman–Crippen LogP) is 0.933. The molecule has 0 aromatic heterocycles.